The molecule has 0 aromatic heterocycles. The van der Waals surface area contributed by atoms with Gasteiger partial charge in [-0.1, -0.05) is 61.5 Å². The Morgan fingerprint density at radius 1 is 0.976 bits per heavy atom. The van der Waals surface area contributed by atoms with Crippen LogP contribution in [0.1, 0.15) is 42.9 Å². The van der Waals surface area contributed by atoms with E-state index in [9.17, 15) is 22.4 Å². The molecule has 224 valence electrons. The van der Waals surface area contributed by atoms with Crippen molar-refractivity contribution in [1.29, 1.82) is 0 Å². The fourth-order valence-corrected chi connectivity index (χ4v) is 6.02. The molecule has 0 spiro atoms. The fourth-order valence-electron chi connectivity index (χ4n) is 4.98. The van der Waals surface area contributed by atoms with E-state index in [2.05, 4.69) is 10.0 Å². The van der Waals surface area contributed by atoms with Crippen molar-refractivity contribution < 1.29 is 27.1 Å². The smallest absolute Gasteiger partial charge is 0.243 e. The first kappa shape index (κ1) is 31.3. The quantitative estimate of drug-likeness (QED) is 0.293. The Morgan fingerprint density at radius 2 is 1.67 bits per heavy atom. The highest BCUT2D eigenvalue weighted by molar-refractivity contribution is 7.89. The number of carbonyl (C=O) groups is 2. The average molecular weight is 596 g/mol. The molecule has 3 aromatic carbocycles. The number of rotatable bonds is 14. The van der Waals surface area contributed by atoms with Crippen LogP contribution in [-0.2, 0) is 43.7 Å². The van der Waals surface area contributed by atoms with Gasteiger partial charge in [0.25, 0.3) is 0 Å². The number of hydrogen-bond acceptors (Lipinski definition) is 5. The van der Waals surface area contributed by atoms with Gasteiger partial charge in [-0.25, -0.2) is 17.5 Å². The SMILES string of the molecule is CCNS(=O)(=O)c1ccc(CCC(=O)N(Cc2ccc(F)cc2)[C@@H](Cc2ccccc2)C(=O)NC[C@@H]2CCCO2)cc1. The molecule has 4 rings (SSSR count). The first-order chi connectivity index (χ1) is 20.2. The molecule has 0 unspecified atom stereocenters. The Morgan fingerprint density at radius 3 is 2.31 bits per heavy atom. The van der Waals surface area contributed by atoms with Gasteiger partial charge in [0, 0.05) is 39.1 Å². The fraction of sp³-hybridized carbons (Fsp3) is 0.375. The lowest BCUT2D eigenvalue weighted by molar-refractivity contribution is -0.141. The number of nitrogens with zero attached hydrogens (tertiary/aromatic N) is 1. The number of nitrogens with one attached hydrogen (secondary N) is 2. The molecule has 2 amide bonds. The monoisotopic (exact) mass is 595 g/mol. The molecule has 1 saturated heterocycles. The summed E-state index contributed by atoms with van der Waals surface area (Å²) in [6.07, 6.45) is 2.54. The zero-order valence-electron chi connectivity index (χ0n) is 23.8. The van der Waals surface area contributed by atoms with Crippen LogP contribution in [0.4, 0.5) is 4.39 Å². The van der Waals surface area contributed by atoms with Gasteiger partial charge in [0.1, 0.15) is 11.9 Å². The number of ether oxygens (including phenoxy) is 1. The summed E-state index contributed by atoms with van der Waals surface area (Å²) in [6.45, 7) is 3.16. The molecule has 1 fully saturated rings. The van der Waals surface area contributed by atoms with Gasteiger partial charge in [0.05, 0.1) is 11.0 Å². The number of carbonyl (C=O) groups excluding carboxylic acids is 2. The van der Waals surface area contributed by atoms with Crippen LogP contribution in [-0.4, -0.2) is 57.0 Å². The van der Waals surface area contributed by atoms with Crippen LogP contribution >= 0.6 is 0 Å². The number of amides is 2. The van der Waals surface area contributed by atoms with Crippen molar-refractivity contribution in [2.75, 3.05) is 19.7 Å². The molecule has 2 atom stereocenters. The largest absolute Gasteiger partial charge is 0.376 e. The summed E-state index contributed by atoms with van der Waals surface area (Å²) in [4.78, 5) is 29.2. The molecule has 1 aliphatic heterocycles. The first-order valence-corrected chi connectivity index (χ1v) is 15.8. The predicted molar refractivity (Wildman–Crippen MR) is 158 cm³/mol. The average Bonchev–Trinajstić information content (AvgIpc) is 3.52. The zero-order chi connectivity index (χ0) is 30.0. The highest BCUT2D eigenvalue weighted by Crippen LogP contribution is 2.19. The molecule has 8 nitrogen and oxygen atoms in total. The van der Waals surface area contributed by atoms with Crippen LogP contribution in [0.15, 0.2) is 83.8 Å². The number of halogens is 1. The lowest BCUT2D eigenvalue weighted by Crippen LogP contribution is -2.51. The van der Waals surface area contributed by atoms with E-state index in [4.69, 9.17) is 4.74 Å². The van der Waals surface area contributed by atoms with Crippen LogP contribution in [0, 0.1) is 5.82 Å². The van der Waals surface area contributed by atoms with Crippen molar-refractivity contribution in [3.05, 3.63) is 101 Å². The Balaban J connectivity index is 1.55. The summed E-state index contributed by atoms with van der Waals surface area (Å²) in [6, 6.07) is 21.0. The lowest BCUT2D eigenvalue weighted by Gasteiger charge is -2.32. The van der Waals surface area contributed by atoms with Gasteiger partial charge in [0.2, 0.25) is 21.8 Å². The maximum absolute atomic E-state index is 13.8. The van der Waals surface area contributed by atoms with Crippen molar-refractivity contribution >= 4 is 21.8 Å². The Kier molecular flexibility index (Phi) is 11.2. The number of sulfonamides is 1. The van der Waals surface area contributed by atoms with Gasteiger partial charge in [-0.15, -0.1) is 0 Å². The minimum atomic E-state index is -3.58. The van der Waals surface area contributed by atoms with E-state index in [1.807, 2.05) is 30.3 Å². The van der Waals surface area contributed by atoms with Crippen molar-refractivity contribution in [2.24, 2.45) is 0 Å². The predicted octanol–water partition coefficient (Wildman–Crippen LogP) is 3.99. The van der Waals surface area contributed by atoms with E-state index < -0.39 is 16.1 Å². The number of hydrogen-bond donors (Lipinski definition) is 2. The van der Waals surface area contributed by atoms with Gasteiger partial charge >= 0.3 is 0 Å². The third-order valence-electron chi connectivity index (χ3n) is 7.26. The molecule has 1 aliphatic rings. The summed E-state index contributed by atoms with van der Waals surface area (Å²) in [5, 5.41) is 3.00. The highest BCUT2D eigenvalue weighted by Gasteiger charge is 2.31. The van der Waals surface area contributed by atoms with Gasteiger partial charge in [-0.2, -0.15) is 0 Å². The molecule has 0 bridgehead atoms. The van der Waals surface area contributed by atoms with Gasteiger partial charge < -0.3 is 15.0 Å². The third kappa shape index (κ3) is 8.95. The number of aryl methyl sites for hydroxylation is 1. The maximum atomic E-state index is 13.8. The summed E-state index contributed by atoms with van der Waals surface area (Å²) < 4.78 is 46.4. The number of benzene rings is 3. The molecule has 0 aliphatic carbocycles. The van der Waals surface area contributed by atoms with E-state index in [-0.39, 0.29) is 48.1 Å². The Bertz CT molecular complexity index is 1410. The molecule has 42 heavy (non-hydrogen) atoms. The molecule has 3 aromatic rings. The maximum Gasteiger partial charge on any atom is 0.243 e. The van der Waals surface area contributed by atoms with Crippen molar-refractivity contribution in [1.82, 2.24) is 14.9 Å². The highest BCUT2D eigenvalue weighted by atomic mass is 32.2. The topological polar surface area (TPSA) is 105 Å². The van der Waals surface area contributed by atoms with E-state index in [1.165, 1.54) is 24.3 Å². The van der Waals surface area contributed by atoms with Crippen molar-refractivity contribution in [3.8, 4) is 0 Å². The van der Waals surface area contributed by atoms with E-state index >= 15 is 0 Å². The van der Waals surface area contributed by atoms with Crippen LogP contribution < -0.4 is 10.0 Å². The molecule has 10 heteroatoms. The Hall–Kier alpha value is -3.60. The minimum absolute atomic E-state index is 0.0492. The summed E-state index contributed by atoms with van der Waals surface area (Å²) in [7, 11) is -3.58. The molecule has 2 N–H and O–H groups in total. The molecule has 0 radical (unpaired) electrons. The van der Waals surface area contributed by atoms with Crippen LogP contribution in [0.2, 0.25) is 0 Å². The molecular formula is C32H38FN3O5S. The van der Waals surface area contributed by atoms with E-state index in [0.29, 0.717) is 31.6 Å². The standard InChI is InChI=1S/C32H38FN3O5S/c1-2-35-42(39,40)29-17-12-24(13-18-29)14-19-31(37)36(23-26-10-15-27(33)16-11-26)30(21-25-7-4-3-5-8-25)32(38)34-22-28-9-6-20-41-28/h3-5,7-8,10-13,15-18,28,30,35H,2,6,9,14,19-23H2,1H3,(H,34,38)/t28-,30-/m0/s1. The van der Waals surface area contributed by atoms with E-state index in [0.717, 1.165) is 24.0 Å². The lowest BCUT2D eigenvalue weighted by atomic mass is 10.0. The second kappa shape index (κ2) is 15.0. The Labute approximate surface area is 247 Å². The van der Waals surface area contributed by atoms with Crippen molar-refractivity contribution in [3.63, 3.8) is 0 Å². The molecule has 0 saturated carbocycles. The van der Waals surface area contributed by atoms with Gasteiger partial charge in [-0.05, 0) is 60.2 Å². The van der Waals surface area contributed by atoms with Crippen LogP contribution in [0.5, 0.6) is 0 Å². The normalized spacial score (nSPS) is 15.7. The van der Waals surface area contributed by atoms with Crippen molar-refractivity contribution in [2.45, 2.75) is 62.6 Å². The summed E-state index contributed by atoms with van der Waals surface area (Å²) >= 11 is 0. The zero-order valence-corrected chi connectivity index (χ0v) is 24.6. The second-order valence-electron chi connectivity index (χ2n) is 10.4. The van der Waals surface area contributed by atoms with Crippen LogP contribution in [0.3, 0.4) is 0 Å². The van der Waals surface area contributed by atoms with E-state index in [1.54, 1.807) is 36.1 Å². The summed E-state index contributed by atoms with van der Waals surface area (Å²) in [5.41, 5.74) is 2.40. The van der Waals surface area contributed by atoms with Crippen LogP contribution in [0.25, 0.3) is 0 Å². The van der Waals surface area contributed by atoms with Gasteiger partial charge in [0.15, 0.2) is 0 Å². The summed E-state index contributed by atoms with van der Waals surface area (Å²) in [5.74, 6) is -0.897. The molecular weight excluding hydrogens is 557 g/mol. The first-order valence-electron chi connectivity index (χ1n) is 14.3. The second-order valence-corrected chi connectivity index (χ2v) is 12.1. The third-order valence-corrected chi connectivity index (χ3v) is 8.82. The molecule has 1 heterocycles. The van der Waals surface area contributed by atoms with Gasteiger partial charge in [-0.3, -0.25) is 9.59 Å². The minimum Gasteiger partial charge on any atom is -0.376 e.